The highest BCUT2D eigenvalue weighted by Crippen LogP contribution is 2.38. The molecule has 0 aromatic carbocycles. The van der Waals surface area contributed by atoms with Crippen LogP contribution >= 0.6 is 11.8 Å². The van der Waals surface area contributed by atoms with E-state index in [9.17, 15) is 0 Å². The van der Waals surface area contributed by atoms with Crippen molar-refractivity contribution in [3.63, 3.8) is 0 Å². The molecule has 1 aliphatic rings. The van der Waals surface area contributed by atoms with Crippen LogP contribution in [0.15, 0.2) is 12.3 Å². The molecule has 1 unspecified atom stereocenters. The topological polar surface area (TPSA) is 62.4 Å². The second-order valence-corrected chi connectivity index (χ2v) is 6.59. The van der Waals surface area contributed by atoms with Gasteiger partial charge < -0.3 is 10.6 Å². The van der Waals surface area contributed by atoms with Crippen molar-refractivity contribution in [1.29, 1.82) is 0 Å². The summed E-state index contributed by atoms with van der Waals surface area (Å²) in [6, 6.07) is 0. The molecule has 1 atom stereocenters. The number of nitrogens with zero attached hydrogens (tertiary/aromatic N) is 4. The summed E-state index contributed by atoms with van der Waals surface area (Å²) < 4.78 is 2.04. The summed E-state index contributed by atoms with van der Waals surface area (Å²) in [5, 5.41) is 6.58. The van der Waals surface area contributed by atoms with Gasteiger partial charge in [0.15, 0.2) is 0 Å². The van der Waals surface area contributed by atoms with Crippen molar-refractivity contribution in [3.8, 4) is 0 Å². The van der Waals surface area contributed by atoms with E-state index in [2.05, 4.69) is 47.5 Å². The van der Waals surface area contributed by atoms with Crippen LogP contribution in [-0.2, 0) is 0 Å². The van der Waals surface area contributed by atoms with Crippen molar-refractivity contribution in [2.75, 3.05) is 45.7 Å². The highest BCUT2D eigenvalue weighted by Gasteiger charge is 2.27. The monoisotopic (exact) mass is 310 g/mol. The summed E-state index contributed by atoms with van der Waals surface area (Å²) in [7, 11) is 6.24. The van der Waals surface area contributed by atoms with Crippen LogP contribution in [-0.4, -0.2) is 59.7 Å². The number of fused-ring (bicyclic) bond motifs is 1. The first kappa shape index (κ1) is 16.4. The molecule has 0 spiro atoms. The Labute approximate surface area is 131 Å². The summed E-state index contributed by atoms with van der Waals surface area (Å²) in [4.78, 5) is 3.44. The van der Waals surface area contributed by atoms with Gasteiger partial charge in [-0.3, -0.25) is 5.43 Å². The lowest BCUT2D eigenvalue weighted by Gasteiger charge is -2.32. The predicted octanol–water partition coefficient (Wildman–Crippen LogP) is 1.46. The van der Waals surface area contributed by atoms with Crippen molar-refractivity contribution in [3.05, 3.63) is 18.0 Å². The van der Waals surface area contributed by atoms with Crippen LogP contribution in [0.2, 0.25) is 0 Å². The normalized spacial score (nSPS) is 18.2. The van der Waals surface area contributed by atoms with Crippen LogP contribution in [0.4, 0.5) is 5.69 Å². The Kier molecular flexibility index (Phi) is 5.69. The molecule has 1 aliphatic heterocycles. The molecule has 1 aromatic heterocycles. The van der Waals surface area contributed by atoms with E-state index >= 15 is 0 Å². The number of hydrazine groups is 1. The maximum absolute atomic E-state index is 6.13. The number of anilines is 1. The molecular weight excluding hydrogens is 284 g/mol. The molecule has 7 heteroatoms. The molecule has 0 fully saturated rings. The average Bonchev–Trinajstić information content (AvgIpc) is 2.81. The summed E-state index contributed by atoms with van der Waals surface area (Å²) in [6.07, 6.45) is 5.15. The molecule has 2 rings (SSSR count). The van der Waals surface area contributed by atoms with Crippen LogP contribution in [0, 0.1) is 0 Å². The van der Waals surface area contributed by atoms with Gasteiger partial charge in [0.2, 0.25) is 0 Å². The van der Waals surface area contributed by atoms with Crippen molar-refractivity contribution in [1.82, 2.24) is 25.1 Å². The lowest BCUT2D eigenvalue weighted by molar-refractivity contribution is 0.102. The van der Waals surface area contributed by atoms with Crippen LogP contribution in [0.25, 0.3) is 4.91 Å². The first-order chi connectivity index (χ1) is 10.0. The van der Waals surface area contributed by atoms with E-state index in [1.54, 1.807) is 6.20 Å². The Morgan fingerprint density at radius 2 is 2.24 bits per heavy atom. The number of nitrogens with one attached hydrogen (secondary N) is 1. The number of thioether (sulfide) groups is 1. The van der Waals surface area contributed by atoms with E-state index < -0.39 is 0 Å². The number of nitrogens with two attached hydrogens (primary N) is 1. The van der Waals surface area contributed by atoms with Gasteiger partial charge in [-0.25, -0.2) is 9.69 Å². The van der Waals surface area contributed by atoms with Gasteiger partial charge in [-0.1, -0.05) is 13.0 Å². The Balaban J connectivity index is 2.14. The Morgan fingerprint density at radius 1 is 1.48 bits per heavy atom. The van der Waals surface area contributed by atoms with Gasteiger partial charge in [0.05, 0.1) is 17.6 Å². The molecule has 118 valence electrons. The van der Waals surface area contributed by atoms with Crippen molar-refractivity contribution >= 4 is 22.4 Å². The minimum Gasteiger partial charge on any atom is -0.396 e. The minimum absolute atomic E-state index is 0.176. The minimum atomic E-state index is 0.176. The highest BCUT2D eigenvalue weighted by molar-refractivity contribution is 8.08. The maximum Gasteiger partial charge on any atom is 0.120 e. The van der Waals surface area contributed by atoms with Gasteiger partial charge in [-0.2, -0.15) is 5.10 Å². The third kappa shape index (κ3) is 3.79. The molecule has 6 nitrogen and oxygen atoms in total. The lowest BCUT2D eigenvalue weighted by atomic mass is 10.2. The standard InChI is InChI=1S/C14H26N6S/c1-5-16-19(4)13-7-6-12(21-9-8-18(2)3)14-11(15)10-17-20(13)14/h6,10,13,16H,5,7-9,15H2,1-4H3. The summed E-state index contributed by atoms with van der Waals surface area (Å²) in [5.41, 5.74) is 11.3. The molecule has 0 saturated carbocycles. The van der Waals surface area contributed by atoms with E-state index in [1.165, 1.54) is 4.91 Å². The fourth-order valence-electron chi connectivity index (χ4n) is 2.41. The number of nitrogen functional groups attached to an aromatic ring is 1. The average molecular weight is 310 g/mol. The Hall–Kier alpha value is -1.02. The van der Waals surface area contributed by atoms with Gasteiger partial charge in [0, 0.05) is 37.2 Å². The molecule has 2 heterocycles. The van der Waals surface area contributed by atoms with Gasteiger partial charge in [-0.05, 0) is 14.1 Å². The zero-order chi connectivity index (χ0) is 15.4. The predicted molar refractivity (Wildman–Crippen MR) is 90.7 cm³/mol. The molecule has 3 N–H and O–H groups in total. The molecule has 21 heavy (non-hydrogen) atoms. The smallest absolute Gasteiger partial charge is 0.120 e. The van der Waals surface area contributed by atoms with Crippen molar-refractivity contribution in [2.45, 2.75) is 19.5 Å². The van der Waals surface area contributed by atoms with Gasteiger partial charge in [0.1, 0.15) is 6.17 Å². The molecular formula is C14H26N6S. The zero-order valence-electron chi connectivity index (χ0n) is 13.3. The van der Waals surface area contributed by atoms with Gasteiger partial charge in [0.25, 0.3) is 0 Å². The molecule has 0 saturated heterocycles. The molecule has 0 radical (unpaired) electrons. The molecule has 1 aromatic rings. The van der Waals surface area contributed by atoms with Crippen LogP contribution < -0.4 is 11.2 Å². The zero-order valence-corrected chi connectivity index (χ0v) is 14.2. The quantitative estimate of drug-likeness (QED) is 0.744. The number of rotatable bonds is 7. The summed E-state index contributed by atoms with van der Waals surface area (Å²) >= 11 is 1.85. The lowest BCUT2D eigenvalue weighted by Crippen LogP contribution is -2.41. The third-order valence-electron chi connectivity index (χ3n) is 3.50. The Morgan fingerprint density at radius 3 is 2.90 bits per heavy atom. The fraction of sp³-hybridized carbons (Fsp3) is 0.643. The summed E-state index contributed by atoms with van der Waals surface area (Å²) in [5.74, 6) is 1.05. The molecule has 0 bridgehead atoms. The fourth-order valence-corrected chi connectivity index (χ4v) is 3.65. The number of aromatic nitrogens is 2. The van der Waals surface area contributed by atoms with E-state index in [0.29, 0.717) is 0 Å². The van der Waals surface area contributed by atoms with Crippen LogP contribution in [0.5, 0.6) is 0 Å². The van der Waals surface area contributed by atoms with Gasteiger partial charge >= 0.3 is 0 Å². The second-order valence-electron chi connectivity index (χ2n) is 5.45. The van der Waals surface area contributed by atoms with Crippen LogP contribution in [0.3, 0.4) is 0 Å². The van der Waals surface area contributed by atoms with E-state index in [4.69, 9.17) is 5.73 Å². The third-order valence-corrected chi connectivity index (χ3v) is 4.56. The van der Waals surface area contributed by atoms with Crippen LogP contribution in [0.1, 0.15) is 25.2 Å². The first-order valence-electron chi connectivity index (χ1n) is 7.32. The largest absolute Gasteiger partial charge is 0.396 e. The number of hydrogen-bond donors (Lipinski definition) is 2. The van der Waals surface area contributed by atoms with Crippen molar-refractivity contribution in [2.24, 2.45) is 0 Å². The van der Waals surface area contributed by atoms with E-state index in [1.807, 2.05) is 23.5 Å². The van der Waals surface area contributed by atoms with E-state index in [-0.39, 0.29) is 6.17 Å². The Bertz CT molecular complexity index is 496. The highest BCUT2D eigenvalue weighted by atomic mass is 32.2. The number of hydrogen-bond acceptors (Lipinski definition) is 6. The molecule has 0 aliphatic carbocycles. The second kappa shape index (κ2) is 7.31. The maximum atomic E-state index is 6.13. The van der Waals surface area contributed by atoms with E-state index in [0.717, 1.165) is 36.6 Å². The molecule has 0 amide bonds. The first-order valence-corrected chi connectivity index (χ1v) is 8.30. The SMILES string of the molecule is CCNN(C)C1CC=C(SCCN(C)C)c2c(N)cnn21. The summed E-state index contributed by atoms with van der Waals surface area (Å²) in [6.45, 7) is 4.04. The van der Waals surface area contributed by atoms with Gasteiger partial charge in [-0.15, -0.1) is 11.8 Å². The van der Waals surface area contributed by atoms with Crippen molar-refractivity contribution < 1.29 is 0 Å².